The van der Waals surface area contributed by atoms with E-state index in [2.05, 4.69) is 5.32 Å². The van der Waals surface area contributed by atoms with Gasteiger partial charge in [-0.1, -0.05) is 11.6 Å². The van der Waals surface area contributed by atoms with E-state index in [-0.39, 0.29) is 16.5 Å². The van der Waals surface area contributed by atoms with Crippen molar-refractivity contribution in [3.8, 4) is 0 Å². The summed E-state index contributed by atoms with van der Waals surface area (Å²) in [5.74, 6) is -0.738. The lowest BCUT2D eigenvalue weighted by Crippen LogP contribution is -2.15. The number of carbonyl (C=O) groups is 2. The average molecular weight is 309 g/mol. The number of anilines is 1. The van der Waals surface area contributed by atoms with Gasteiger partial charge in [0.2, 0.25) is 11.8 Å². The summed E-state index contributed by atoms with van der Waals surface area (Å²) in [4.78, 5) is 23.0. The quantitative estimate of drug-likeness (QED) is 0.891. The van der Waals surface area contributed by atoms with Crippen LogP contribution in [-0.4, -0.2) is 11.8 Å². The molecule has 0 atom stereocenters. The molecule has 0 bridgehead atoms. The third-order valence-electron chi connectivity index (χ3n) is 2.74. The molecule has 0 aliphatic rings. The lowest BCUT2D eigenvalue weighted by Gasteiger charge is -2.07. The Labute approximate surface area is 125 Å². The van der Waals surface area contributed by atoms with Gasteiger partial charge >= 0.3 is 0 Å². The van der Waals surface area contributed by atoms with Gasteiger partial charge in [-0.15, -0.1) is 0 Å². The molecule has 2 amide bonds. The first kappa shape index (κ1) is 14.6. The number of nitrogens with one attached hydrogen (secondary N) is 1. The van der Waals surface area contributed by atoms with Crippen LogP contribution in [0.5, 0.6) is 0 Å². The van der Waals surface area contributed by atoms with E-state index in [1.807, 2.05) is 16.8 Å². The molecule has 2 rings (SSSR count). The molecule has 0 radical (unpaired) electrons. The second-order valence-electron chi connectivity index (χ2n) is 4.24. The minimum absolute atomic E-state index is 0.117. The van der Waals surface area contributed by atoms with Crippen molar-refractivity contribution >= 4 is 40.4 Å². The molecule has 0 aliphatic carbocycles. The van der Waals surface area contributed by atoms with Crippen molar-refractivity contribution in [2.24, 2.45) is 5.73 Å². The second kappa shape index (κ2) is 6.54. The van der Waals surface area contributed by atoms with Crippen LogP contribution in [0.3, 0.4) is 0 Å². The molecule has 1 heterocycles. The average Bonchev–Trinajstić information content (AvgIpc) is 2.91. The van der Waals surface area contributed by atoms with Crippen molar-refractivity contribution in [3.63, 3.8) is 0 Å². The van der Waals surface area contributed by atoms with E-state index in [9.17, 15) is 9.59 Å². The third kappa shape index (κ3) is 3.82. The molecule has 0 saturated carbocycles. The molecule has 0 unspecified atom stereocenters. The van der Waals surface area contributed by atoms with Gasteiger partial charge in [0, 0.05) is 12.1 Å². The number of aryl methyl sites for hydroxylation is 1. The second-order valence-corrected chi connectivity index (χ2v) is 5.43. The summed E-state index contributed by atoms with van der Waals surface area (Å²) in [6.07, 6.45) is 1.07. The first-order valence-corrected chi connectivity index (χ1v) is 7.28. The fourth-order valence-corrected chi connectivity index (χ4v) is 2.62. The number of halogens is 1. The fraction of sp³-hybridized carbons (Fsp3) is 0.143. The van der Waals surface area contributed by atoms with E-state index < -0.39 is 5.91 Å². The lowest BCUT2D eigenvalue weighted by atomic mass is 10.1. The van der Waals surface area contributed by atoms with Gasteiger partial charge < -0.3 is 11.1 Å². The Morgan fingerprint density at radius 3 is 2.75 bits per heavy atom. The molecule has 0 saturated heterocycles. The van der Waals surface area contributed by atoms with E-state index in [1.54, 1.807) is 17.4 Å². The molecule has 104 valence electrons. The van der Waals surface area contributed by atoms with Crippen LogP contribution in [0.4, 0.5) is 5.69 Å². The van der Waals surface area contributed by atoms with Crippen molar-refractivity contribution in [1.82, 2.24) is 0 Å². The first-order valence-electron chi connectivity index (χ1n) is 5.96. The van der Waals surface area contributed by atoms with Gasteiger partial charge in [0.1, 0.15) is 0 Å². The van der Waals surface area contributed by atoms with Crippen LogP contribution in [0.15, 0.2) is 35.0 Å². The highest BCUT2D eigenvalue weighted by atomic mass is 35.5. The summed E-state index contributed by atoms with van der Waals surface area (Å²) in [7, 11) is 0. The number of hydrogen-bond donors (Lipinski definition) is 2. The van der Waals surface area contributed by atoms with E-state index in [1.165, 1.54) is 12.1 Å². The summed E-state index contributed by atoms with van der Waals surface area (Å²) in [6, 6.07) is 6.64. The zero-order valence-electron chi connectivity index (χ0n) is 10.6. The third-order valence-corrected chi connectivity index (χ3v) is 3.80. The van der Waals surface area contributed by atoms with Crippen LogP contribution in [0, 0.1) is 0 Å². The Morgan fingerprint density at radius 2 is 2.10 bits per heavy atom. The Bertz CT molecular complexity index is 626. The molecule has 0 spiro atoms. The molecule has 0 aliphatic heterocycles. The van der Waals surface area contributed by atoms with Gasteiger partial charge in [-0.25, -0.2) is 0 Å². The number of nitrogens with two attached hydrogens (primary N) is 1. The number of carbonyl (C=O) groups excluding carboxylic acids is 2. The van der Waals surface area contributed by atoms with E-state index in [0.717, 1.165) is 5.56 Å². The minimum Gasteiger partial charge on any atom is -0.366 e. The molecule has 2 aromatic rings. The minimum atomic E-state index is -0.621. The molecule has 3 N–H and O–H groups in total. The van der Waals surface area contributed by atoms with Crippen LogP contribution in [0.25, 0.3) is 0 Å². The highest BCUT2D eigenvalue weighted by molar-refractivity contribution is 7.07. The van der Waals surface area contributed by atoms with Crippen molar-refractivity contribution in [1.29, 1.82) is 0 Å². The predicted octanol–water partition coefficient (Wildman–Crippen LogP) is 3.07. The number of thiophene rings is 1. The largest absolute Gasteiger partial charge is 0.366 e. The maximum Gasteiger partial charge on any atom is 0.250 e. The first-order chi connectivity index (χ1) is 9.56. The summed E-state index contributed by atoms with van der Waals surface area (Å²) in [5, 5.41) is 6.99. The number of primary amides is 1. The molecule has 1 aromatic carbocycles. The SMILES string of the molecule is NC(=O)c1cc(NC(=O)CCc2ccsc2)ccc1Cl. The number of rotatable bonds is 5. The molecule has 20 heavy (non-hydrogen) atoms. The van der Waals surface area contributed by atoms with Crippen LogP contribution in [-0.2, 0) is 11.2 Å². The monoisotopic (exact) mass is 308 g/mol. The normalized spacial score (nSPS) is 10.2. The Morgan fingerprint density at radius 1 is 1.30 bits per heavy atom. The molecular formula is C14H13ClN2O2S. The van der Waals surface area contributed by atoms with Gasteiger partial charge in [0.25, 0.3) is 0 Å². The highest BCUT2D eigenvalue weighted by Gasteiger charge is 2.09. The Hall–Kier alpha value is -1.85. The maximum absolute atomic E-state index is 11.8. The van der Waals surface area contributed by atoms with E-state index in [4.69, 9.17) is 17.3 Å². The maximum atomic E-state index is 11.8. The van der Waals surface area contributed by atoms with E-state index in [0.29, 0.717) is 18.5 Å². The zero-order valence-corrected chi connectivity index (χ0v) is 12.1. The van der Waals surface area contributed by atoms with Crippen LogP contribution >= 0.6 is 22.9 Å². The number of amides is 2. The number of benzene rings is 1. The summed E-state index contributed by atoms with van der Waals surface area (Å²) >= 11 is 7.45. The summed E-state index contributed by atoms with van der Waals surface area (Å²) < 4.78 is 0. The van der Waals surface area contributed by atoms with Crippen molar-refractivity contribution < 1.29 is 9.59 Å². The molecule has 6 heteroatoms. The van der Waals surface area contributed by atoms with Crippen LogP contribution < -0.4 is 11.1 Å². The van der Waals surface area contributed by atoms with Gasteiger partial charge in [0.15, 0.2) is 0 Å². The topological polar surface area (TPSA) is 72.2 Å². The summed E-state index contributed by atoms with van der Waals surface area (Å²) in [5.41, 5.74) is 7.05. The Balaban J connectivity index is 1.97. The van der Waals surface area contributed by atoms with E-state index >= 15 is 0 Å². The zero-order chi connectivity index (χ0) is 14.5. The van der Waals surface area contributed by atoms with Gasteiger partial charge in [-0.3, -0.25) is 9.59 Å². The lowest BCUT2D eigenvalue weighted by molar-refractivity contribution is -0.116. The summed E-state index contributed by atoms with van der Waals surface area (Å²) in [6.45, 7) is 0. The Kier molecular flexibility index (Phi) is 4.76. The standard InChI is InChI=1S/C14H13ClN2O2S/c15-12-3-2-10(7-11(12)14(16)19)17-13(18)4-1-9-5-6-20-8-9/h2-3,5-8H,1,4H2,(H2,16,19)(H,17,18). The molecule has 1 aromatic heterocycles. The van der Waals surface area contributed by atoms with Gasteiger partial charge in [0.05, 0.1) is 10.6 Å². The number of hydrogen-bond acceptors (Lipinski definition) is 3. The molecular weight excluding hydrogens is 296 g/mol. The van der Waals surface area contributed by atoms with Crippen molar-refractivity contribution in [2.45, 2.75) is 12.8 Å². The predicted molar refractivity (Wildman–Crippen MR) is 81.2 cm³/mol. The van der Waals surface area contributed by atoms with Gasteiger partial charge in [-0.2, -0.15) is 11.3 Å². The van der Waals surface area contributed by atoms with Crippen LogP contribution in [0.1, 0.15) is 22.3 Å². The van der Waals surface area contributed by atoms with Crippen LogP contribution in [0.2, 0.25) is 5.02 Å². The highest BCUT2D eigenvalue weighted by Crippen LogP contribution is 2.20. The van der Waals surface area contributed by atoms with Crippen molar-refractivity contribution in [2.75, 3.05) is 5.32 Å². The fourth-order valence-electron chi connectivity index (χ4n) is 1.71. The molecule has 4 nitrogen and oxygen atoms in total. The van der Waals surface area contributed by atoms with Gasteiger partial charge in [-0.05, 0) is 47.0 Å². The smallest absolute Gasteiger partial charge is 0.250 e. The van der Waals surface area contributed by atoms with Crippen molar-refractivity contribution in [3.05, 3.63) is 51.2 Å². The molecule has 0 fully saturated rings.